The lowest BCUT2D eigenvalue weighted by atomic mass is 10.2. The van der Waals surface area contributed by atoms with Crippen molar-refractivity contribution in [3.63, 3.8) is 0 Å². The second kappa shape index (κ2) is 7.13. The normalized spacial score (nSPS) is 11.5. The summed E-state index contributed by atoms with van der Waals surface area (Å²) in [6.45, 7) is 4.37. The summed E-state index contributed by atoms with van der Waals surface area (Å²) in [6.07, 6.45) is 0. The number of nitrogens with one attached hydrogen (secondary N) is 1. The molecule has 0 saturated carbocycles. The predicted molar refractivity (Wildman–Crippen MR) is 99.2 cm³/mol. The number of halogens is 2. The maximum absolute atomic E-state index is 12.2. The molecule has 3 aromatic rings. The summed E-state index contributed by atoms with van der Waals surface area (Å²) in [6, 6.07) is 9.28. The lowest BCUT2D eigenvalue weighted by Crippen LogP contribution is -2.25. The first-order chi connectivity index (χ1) is 11.0. The zero-order valence-corrected chi connectivity index (χ0v) is 15.6. The van der Waals surface area contributed by atoms with Gasteiger partial charge in [-0.05, 0) is 52.8 Å². The van der Waals surface area contributed by atoms with Gasteiger partial charge in [-0.3, -0.25) is 9.69 Å². The minimum absolute atomic E-state index is 0.128. The molecule has 1 aromatic carbocycles. The van der Waals surface area contributed by atoms with Crippen LogP contribution in [0, 0.1) is 0 Å². The Bertz CT molecular complexity index is 892. The Labute approximate surface area is 151 Å². The predicted octanol–water partition coefficient (Wildman–Crippen LogP) is 4.42. The Morgan fingerprint density at radius 2 is 2.13 bits per heavy atom. The molecular weight excluding hydrogens is 398 g/mol. The largest absolute Gasteiger partial charge is 0.309 e. The van der Waals surface area contributed by atoms with Gasteiger partial charge in [-0.15, -0.1) is 11.3 Å². The van der Waals surface area contributed by atoms with Crippen molar-refractivity contribution in [3.05, 3.63) is 60.2 Å². The standard InChI is InChI=1S/C16H15BrClN3OS/c1-2-21(8-11-4-6-14(17)23-11)9-15-19-13-7-10(18)3-5-12(13)16(22)20-15/h3-7H,2,8-9H2,1H3,(H,19,20,22). The van der Waals surface area contributed by atoms with Gasteiger partial charge >= 0.3 is 0 Å². The summed E-state index contributed by atoms with van der Waals surface area (Å²) >= 11 is 11.2. The van der Waals surface area contributed by atoms with E-state index >= 15 is 0 Å². The second-order valence-electron chi connectivity index (χ2n) is 5.18. The summed E-state index contributed by atoms with van der Waals surface area (Å²) < 4.78 is 1.12. The molecule has 0 spiro atoms. The molecule has 7 heteroatoms. The van der Waals surface area contributed by atoms with Gasteiger partial charge in [0.25, 0.3) is 5.56 Å². The molecule has 0 aliphatic rings. The number of hydrogen-bond donors (Lipinski definition) is 1. The van der Waals surface area contributed by atoms with Crippen molar-refractivity contribution >= 4 is 49.8 Å². The Kier molecular flexibility index (Phi) is 5.16. The molecule has 0 aliphatic heterocycles. The SMILES string of the molecule is CCN(Cc1nc2cc(Cl)ccc2c(=O)[nH]1)Cc1ccc(Br)s1. The van der Waals surface area contributed by atoms with Crippen LogP contribution < -0.4 is 5.56 Å². The van der Waals surface area contributed by atoms with Gasteiger partial charge in [-0.1, -0.05) is 18.5 Å². The minimum Gasteiger partial charge on any atom is -0.309 e. The Hall–Kier alpha value is -1.21. The number of aromatic amines is 1. The maximum Gasteiger partial charge on any atom is 0.258 e. The van der Waals surface area contributed by atoms with Crippen LogP contribution in [0.4, 0.5) is 0 Å². The molecule has 3 rings (SSSR count). The van der Waals surface area contributed by atoms with Gasteiger partial charge in [0.05, 0.1) is 21.2 Å². The van der Waals surface area contributed by atoms with Crippen molar-refractivity contribution in [1.82, 2.24) is 14.9 Å². The number of thiophene rings is 1. The third kappa shape index (κ3) is 4.01. The summed E-state index contributed by atoms with van der Waals surface area (Å²) in [5.74, 6) is 0.655. The zero-order valence-electron chi connectivity index (χ0n) is 12.5. The summed E-state index contributed by atoms with van der Waals surface area (Å²) in [5.41, 5.74) is 0.503. The van der Waals surface area contributed by atoms with Crippen molar-refractivity contribution in [3.8, 4) is 0 Å². The highest BCUT2D eigenvalue weighted by molar-refractivity contribution is 9.11. The molecular formula is C16H15BrClN3OS. The van der Waals surface area contributed by atoms with Crippen molar-refractivity contribution in [2.75, 3.05) is 6.54 Å². The first-order valence-electron chi connectivity index (χ1n) is 7.20. The van der Waals surface area contributed by atoms with Crippen LogP contribution in [0.5, 0.6) is 0 Å². The third-order valence-corrected chi connectivity index (χ3v) is 5.39. The van der Waals surface area contributed by atoms with Crippen molar-refractivity contribution in [1.29, 1.82) is 0 Å². The Morgan fingerprint density at radius 1 is 1.30 bits per heavy atom. The highest BCUT2D eigenvalue weighted by Crippen LogP contribution is 2.23. The fraction of sp³-hybridized carbons (Fsp3) is 0.250. The number of benzene rings is 1. The third-order valence-electron chi connectivity index (χ3n) is 3.55. The highest BCUT2D eigenvalue weighted by atomic mass is 79.9. The van der Waals surface area contributed by atoms with E-state index in [0.717, 1.165) is 16.9 Å². The van der Waals surface area contributed by atoms with Gasteiger partial charge in [0.15, 0.2) is 0 Å². The summed E-state index contributed by atoms with van der Waals surface area (Å²) in [5, 5.41) is 1.14. The van der Waals surface area contributed by atoms with Gasteiger partial charge in [-0.2, -0.15) is 0 Å². The number of hydrogen-bond acceptors (Lipinski definition) is 4. The molecule has 2 heterocycles. The van der Waals surface area contributed by atoms with Gasteiger partial charge < -0.3 is 4.98 Å². The lowest BCUT2D eigenvalue weighted by Gasteiger charge is -2.19. The van der Waals surface area contributed by atoms with Crippen LogP contribution in [0.3, 0.4) is 0 Å². The van der Waals surface area contributed by atoms with E-state index < -0.39 is 0 Å². The van der Waals surface area contributed by atoms with E-state index in [0.29, 0.717) is 28.3 Å². The molecule has 0 unspecified atom stereocenters. The minimum atomic E-state index is -0.128. The van der Waals surface area contributed by atoms with Crippen LogP contribution in [0.25, 0.3) is 10.9 Å². The molecule has 4 nitrogen and oxygen atoms in total. The Morgan fingerprint density at radius 3 is 2.83 bits per heavy atom. The molecule has 1 N–H and O–H groups in total. The average Bonchev–Trinajstić information content (AvgIpc) is 2.91. The first kappa shape index (κ1) is 16.6. The molecule has 0 atom stereocenters. The van der Waals surface area contributed by atoms with Crippen molar-refractivity contribution in [2.45, 2.75) is 20.0 Å². The van der Waals surface area contributed by atoms with Crippen LogP contribution >= 0.6 is 38.9 Å². The first-order valence-corrected chi connectivity index (χ1v) is 9.19. The molecule has 0 aliphatic carbocycles. The van der Waals surface area contributed by atoms with Gasteiger partial charge in [0, 0.05) is 16.4 Å². The number of H-pyrrole nitrogens is 1. The van der Waals surface area contributed by atoms with Crippen LogP contribution in [0.1, 0.15) is 17.6 Å². The van der Waals surface area contributed by atoms with Gasteiger partial charge in [0.2, 0.25) is 0 Å². The number of nitrogens with zero attached hydrogens (tertiary/aromatic N) is 2. The number of aromatic nitrogens is 2. The second-order valence-corrected chi connectivity index (χ2v) is 8.17. The quantitative estimate of drug-likeness (QED) is 0.675. The molecule has 120 valence electrons. The van der Waals surface area contributed by atoms with E-state index in [1.165, 1.54) is 4.88 Å². The van der Waals surface area contributed by atoms with Crippen molar-refractivity contribution < 1.29 is 0 Å². The fourth-order valence-corrected chi connectivity index (χ4v) is 4.08. The molecule has 23 heavy (non-hydrogen) atoms. The molecule has 0 fully saturated rings. The van der Waals surface area contributed by atoms with Gasteiger partial charge in [0.1, 0.15) is 5.82 Å². The smallest absolute Gasteiger partial charge is 0.258 e. The molecule has 2 aromatic heterocycles. The molecule has 0 bridgehead atoms. The van der Waals surface area contributed by atoms with Crippen LogP contribution in [-0.4, -0.2) is 21.4 Å². The number of rotatable bonds is 5. The van der Waals surface area contributed by atoms with E-state index in [1.807, 2.05) is 6.07 Å². The van der Waals surface area contributed by atoms with Crippen LogP contribution in [-0.2, 0) is 13.1 Å². The Balaban J connectivity index is 1.85. The average molecular weight is 413 g/mol. The highest BCUT2D eigenvalue weighted by Gasteiger charge is 2.10. The van der Waals surface area contributed by atoms with E-state index in [2.05, 4.69) is 43.8 Å². The van der Waals surface area contributed by atoms with Crippen molar-refractivity contribution in [2.24, 2.45) is 0 Å². The molecule has 0 radical (unpaired) electrons. The van der Waals surface area contributed by atoms with E-state index in [1.54, 1.807) is 29.5 Å². The topological polar surface area (TPSA) is 49.0 Å². The van der Waals surface area contributed by atoms with Crippen LogP contribution in [0.15, 0.2) is 38.9 Å². The van der Waals surface area contributed by atoms with Gasteiger partial charge in [-0.25, -0.2) is 4.98 Å². The fourth-order valence-electron chi connectivity index (χ4n) is 2.38. The monoisotopic (exact) mass is 411 g/mol. The molecule has 0 saturated heterocycles. The van der Waals surface area contributed by atoms with E-state index in [9.17, 15) is 4.79 Å². The lowest BCUT2D eigenvalue weighted by molar-refractivity contribution is 0.267. The molecule has 0 amide bonds. The summed E-state index contributed by atoms with van der Waals surface area (Å²) in [4.78, 5) is 23.1. The summed E-state index contributed by atoms with van der Waals surface area (Å²) in [7, 11) is 0. The van der Waals surface area contributed by atoms with E-state index in [4.69, 9.17) is 11.6 Å². The number of fused-ring (bicyclic) bond motifs is 1. The van der Waals surface area contributed by atoms with Crippen LogP contribution in [0.2, 0.25) is 5.02 Å². The maximum atomic E-state index is 12.2. The van der Waals surface area contributed by atoms with E-state index in [-0.39, 0.29) is 5.56 Å². The zero-order chi connectivity index (χ0) is 16.4.